The number of rotatable bonds is 8. The van der Waals surface area contributed by atoms with Crippen LogP contribution in [0.4, 0.5) is 0 Å². The van der Waals surface area contributed by atoms with Gasteiger partial charge >= 0.3 is 0 Å². The second-order valence-corrected chi connectivity index (χ2v) is 6.51. The molecule has 0 N–H and O–H groups in total. The van der Waals surface area contributed by atoms with E-state index in [9.17, 15) is 4.79 Å². The highest BCUT2D eigenvalue weighted by Crippen LogP contribution is 2.41. The average Bonchev–Trinajstić information content (AvgIpc) is 3.22. The summed E-state index contributed by atoms with van der Waals surface area (Å²) in [6.45, 7) is 0. The molecule has 7 nitrogen and oxygen atoms in total. The van der Waals surface area contributed by atoms with Crippen molar-refractivity contribution < 1.29 is 28.2 Å². The van der Waals surface area contributed by atoms with E-state index < -0.39 is 5.25 Å². The van der Waals surface area contributed by atoms with Crippen LogP contribution in [-0.2, 0) is 4.79 Å². The molecular formula is C21H21NO6S. The smallest absolute Gasteiger partial charge is 0.215 e. The average molecular weight is 415 g/mol. The monoisotopic (exact) mass is 415 g/mol. The molecule has 1 heterocycles. The van der Waals surface area contributed by atoms with Gasteiger partial charge in [0, 0.05) is 11.1 Å². The zero-order valence-electron chi connectivity index (χ0n) is 16.5. The molecule has 0 aliphatic heterocycles. The van der Waals surface area contributed by atoms with Crippen LogP contribution in [0, 0.1) is 0 Å². The van der Waals surface area contributed by atoms with Gasteiger partial charge in [-0.05, 0) is 36.4 Å². The van der Waals surface area contributed by atoms with E-state index in [4.69, 9.17) is 23.4 Å². The van der Waals surface area contributed by atoms with Crippen LogP contribution < -0.4 is 18.9 Å². The fourth-order valence-corrected chi connectivity index (χ4v) is 2.98. The molecule has 0 amide bonds. The molecular weight excluding hydrogens is 394 g/mol. The van der Waals surface area contributed by atoms with Crippen LogP contribution in [0.1, 0.15) is 11.1 Å². The van der Waals surface area contributed by atoms with Gasteiger partial charge in [-0.15, -0.1) is 0 Å². The molecule has 1 unspecified atom stereocenters. The molecule has 8 heteroatoms. The second-order valence-electron chi connectivity index (χ2n) is 5.95. The molecule has 0 fully saturated rings. The van der Waals surface area contributed by atoms with Crippen LogP contribution in [0.15, 0.2) is 40.8 Å². The van der Waals surface area contributed by atoms with Crippen LogP contribution in [0.2, 0.25) is 0 Å². The van der Waals surface area contributed by atoms with Crippen molar-refractivity contribution in [3.63, 3.8) is 0 Å². The molecule has 0 aliphatic rings. The van der Waals surface area contributed by atoms with Crippen molar-refractivity contribution in [3.05, 3.63) is 42.3 Å². The Morgan fingerprint density at radius 3 is 1.90 bits per heavy atom. The third-order valence-electron chi connectivity index (χ3n) is 4.33. The van der Waals surface area contributed by atoms with Gasteiger partial charge in [-0.25, -0.2) is 4.98 Å². The number of carbonyl (C=O) groups excluding carboxylic acids is 1. The molecule has 0 saturated carbocycles. The minimum absolute atomic E-state index is 0.193. The van der Waals surface area contributed by atoms with Crippen LogP contribution >= 0.6 is 12.6 Å². The summed E-state index contributed by atoms with van der Waals surface area (Å²) in [6, 6.07) is 10.8. The number of thiol groups is 1. The minimum Gasteiger partial charge on any atom is -0.493 e. The number of aldehydes is 1. The molecule has 0 radical (unpaired) electrons. The van der Waals surface area contributed by atoms with Gasteiger partial charge in [-0.1, -0.05) is 0 Å². The summed E-state index contributed by atoms with van der Waals surface area (Å²) >= 11 is 4.23. The zero-order chi connectivity index (χ0) is 21.0. The molecule has 29 heavy (non-hydrogen) atoms. The lowest BCUT2D eigenvalue weighted by Crippen LogP contribution is -1.93. The highest BCUT2D eigenvalue weighted by Gasteiger charge is 2.22. The summed E-state index contributed by atoms with van der Waals surface area (Å²) < 4.78 is 27.3. The summed E-state index contributed by atoms with van der Waals surface area (Å²) in [5.74, 6) is 2.92. The molecule has 0 bridgehead atoms. The number of methoxy groups -OCH3 is 4. The van der Waals surface area contributed by atoms with E-state index in [1.165, 1.54) is 0 Å². The summed E-state index contributed by atoms with van der Waals surface area (Å²) in [5.41, 5.74) is 1.97. The van der Waals surface area contributed by atoms with Crippen molar-refractivity contribution in [2.24, 2.45) is 0 Å². The lowest BCUT2D eigenvalue weighted by Gasteiger charge is -2.10. The van der Waals surface area contributed by atoms with Crippen molar-refractivity contribution in [1.82, 2.24) is 4.98 Å². The lowest BCUT2D eigenvalue weighted by atomic mass is 10.0. The molecule has 1 aromatic heterocycles. The highest BCUT2D eigenvalue weighted by atomic mass is 32.1. The maximum Gasteiger partial charge on any atom is 0.215 e. The Morgan fingerprint density at radius 1 is 0.862 bits per heavy atom. The predicted molar refractivity (Wildman–Crippen MR) is 111 cm³/mol. The van der Waals surface area contributed by atoms with E-state index in [1.54, 1.807) is 52.7 Å². The van der Waals surface area contributed by atoms with Crippen LogP contribution in [0.5, 0.6) is 23.0 Å². The third kappa shape index (κ3) is 4.02. The summed E-state index contributed by atoms with van der Waals surface area (Å²) in [4.78, 5) is 15.7. The Bertz CT molecular complexity index is 943. The quantitative estimate of drug-likeness (QED) is 0.436. The minimum atomic E-state index is -0.789. The van der Waals surface area contributed by atoms with E-state index in [-0.39, 0.29) is 5.89 Å². The van der Waals surface area contributed by atoms with E-state index in [0.29, 0.717) is 46.3 Å². The van der Waals surface area contributed by atoms with Crippen LogP contribution in [0.25, 0.3) is 22.6 Å². The van der Waals surface area contributed by atoms with E-state index in [1.807, 2.05) is 12.1 Å². The number of nitrogens with zero attached hydrogens (tertiary/aromatic N) is 1. The maximum atomic E-state index is 11.2. The summed E-state index contributed by atoms with van der Waals surface area (Å²) in [5, 5.41) is -0.789. The first-order valence-electron chi connectivity index (χ1n) is 8.65. The zero-order valence-corrected chi connectivity index (χ0v) is 17.4. The molecule has 152 valence electrons. The van der Waals surface area contributed by atoms with E-state index in [0.717, 1.165) is 5.56 Å². The van der Waals surface area contributed by atoms with Crippen molar-refractivity contribution in [1.29, 1.82) is 0 Å². The Hall–Kier alpha value is -3.13. The molecule has 0 saturated heterocycles. The van der Waals surface area contributed by atoms with Gasteiger partial charge in [0.15, 0.2) is 28.8 Å². The number of ether oxygens (including phenoxy) is 4. The Morgan fingerprint density at radius 2 is 1.38 bits per heavy atom. The number of hydrogen-bond donors (Lipinski definition) is 1. The highest BCUT2D eigenvalue weighted by molar-refractivity contribution is 7.81. The van der Waals surface area contributed by atoms with Gasteiger partial charge in [0.1, 0.15) is 17.2 Å². The van der Waals surface area contributed by atoms with Gasteiger partial charge in [0.2, 0.25) is 5.89 Å². The Kier molecular flexibility index (Phi) is 6.33. The standard InChI is InChI=1S/C21H21NO6S/c1-24-14-7-5-12(9-16(14)26-3)19-20(28-21(22-19)18(29)11-23)13-6-8-15(25-2)17(10-13)27-4/h5-11,18,29H,1-4H3. The molecule has 2 aromatic carbocycles. The van der Waals surface area contributed by atoms with Gasteiger partial charge in [0.05, 0.1) is 28.4 Å². The summed E-state index contributed by atoms with van der Waals surface area (Å²) in [7, 11) is 6.24. The molecule has 3 aromatic rings. The number of benzene rings is 2. The van der Waals surface area contributed by atoms with Crippen molar-refractivity contribution in [2.45, 2.75) is 5.25 Å². The Labute approximate surface area is 174 Å². The van der Waals surface area contributed by atoms with Crippen LogP contribution in [-0.4, -0.2) is 39.7 Å². The maximum absolute atomic E-state index is 11.2. The fraction of sp³-hybridized carbons (Fsp3) is 0.238. The molecule has 1 atom stereocenters. The number of oxazole rings is 1. The largest absolute Gasteiger partial charge is 0.493 e. The predicted octanol–water partition coefficient (Wildman–Crippen LogP) is 4.21. The fourth-order valence-electron chi connectivity index (χ4n) is 2.87. The number of carbonyl (C=O) groups is 1. The SMILES string of the molecule is COc1ccc(-c2nc(C(S)C=O)oc2-c2ccc(OC)c(OC)c2)cc1OC. The van der Waals surface area contributed by atoms with Crippen molar-refractivity contribution in [2.75, 3.05) is 28.4 Å². The molecule has 3 rings (SSSR count). The van der Waals surface area contributed by atoms with Crippen molar-refractivity contribution in [3.8, 4) is 45.6 Å². The van der Waals surface area contributed by atoms with E-state index >= 15 is 0 Å². The number of aromatic nitrogens is 1. The van der Waals surface area contributed by atoms with Gasteiger partial charge in [0.25, 0.3) is 0 Å². The first kappa shape index (κ1) is 20.6. The first-order valence-corrected chi connectivity index (χ1v) is 9.16. The molecule has 0 spiro atoms. The number of hydrogen-bond acceptors (Lipinski definition) is 8. The topological polar surface area (TPSA) is 80.0 Å². The van der Waals surface area contributed by atoms with Gasteiger partial charge in [-0.3, -0.25) is 0 Å². The van der Waals surface area contributed by atoms with Gasteiger partial charge in [-0.2, -0.15) is 12.6 Å². The van der Waals surface area contributed by atoms with Crippen molar-refractivity contribution >= 4 is 18.9 Å². The third-order valence-corrected chi connectivity index (χ3v) is 4.67. The molecule has 0 aliphatic carbocycles. The first-order chi connectivity index (χ1) is 14.1. The Balaban J connectivity index is 2.20. The normalized spacial score (nSPS) is 11.6. The lowest BCUT2D eigenvalue weighted by molar-refractivity contribution is -0.107. The van der Waals surface area contributed by atoms with Gasteiger partial charge < -0.3 is 28.2 Å². The summed E-state index contributed by atoms with van der Waals surface area (Å²) in [6.07, 6.45) is 0.658. The van der Waals surface area contributed by atoms with E-state index in [2.05, 4.69) is 17.6 Å². The second kappa shape index (κ2) is 8.91. The van der Waals surface area contributed by atoms with Crippen LogP contribution in [0.3, 0.4) is 0 Å².